The first kappa shape index (κ1) is 15.5. The Morgan fingerprint density at radius 2 is 1.96 bits per heavy atom. The Balaban J connectivity index is 1.53. The fourth-order valence-electron chi connectivity index (χ4n) is 2.81. The molecule has 1 aliphatic carbocycles. The van der Waals surface area contributed by atoms with Crippen molar-refractivity contribution in [2.45, 2.75) is 25.0 Å². The van der Waals surface area contributed by atoms with Crippen molar-refractivity contribution in [2.75, 3.05) is 6.61 Å². The minimum absolute atomic E-state index is 0.0806. The summed E-state index contributed by atoms with van der Waals surface area (Å²) < 4.78 is 18.7. The molecule has 0 saturated heterocycles. The molecule has 2 N–H and O–H groups in total. The molecule has 0 aromatic heterocycles. The van der Waals surface area contributed by atoms with Crippen molar-refractivity contribution in [2.24, 2.45) is 0 Å². The van der Waals surface area contributed by atoms with Crippen molar-refractivity contribution in [3.63, 3.8) is 0 Å². The van der Waals surface area contributed by atoms with Gasteiger partial charge >= 0.3 is 0 Å². The van der Waals surface area contributed by atoms with Gasteiger partial charge in [0.05, 0.1) is 25.2 Å². The first-order valence-electron chi connectivity index (χ1n) is 7.57. The molecule has 4 nitrogen and oxygen atoms in total. The summed E-state index contributed by atoms with van der Waals surface area (Å²) in [5.41, 5.74) is 2.00. The molecule has 0 saturated carbocycles. The van der Waals surface area contributed by atoms with E-state index in [2.05, 4.69) is 5.32 Å². The largest absolute Gasteiger partial charge is 0.490 e. The highest BCUT2D eigenvalue weighted by atomic mass is 19.1. The predicted octanol–water partition coefficient (Wildman–Crippen LogP) is 2.37. The molecule has 1 aliphatic rings. The van der Waals surface area contributed by atoms with Gasteiger partial charge < -0.3 is 15.2 Å². The van der Waals surface area contributed by atoms with Crippen molar-refractivity contribution in [3.05, 3.63) is 65.5 Å². The molecule has 0 aliphatic heterocycles. The van der Waals surface area contributed by atoms with Crippen molar-refractivity contribution >= 4 is 5.91 Å². The predicted molar refractivity (Wildman–Crippen MR) is 83.5 cm³/mol. The van der Waals surface area contributed by atoms with Crippen LogP contribution < -0.4 is 10.1 Å². The zero-order valence-electron chi connectivity index (χ0n) is 12.5. The summed E-state index contributed by atoms with van der Waals surface area (Å²) in [4.78, 5) is 12.0. The number of ether oxygens (including phenoxy) is 1. The van der Waals surface area contributed by atoms with Crippen molar-refractivity contribution < 1.29 is 19.0 Å². The van der Waals surface area contributed by atoms with Gasteiger partial charge in [0, 0.05) is 6.42 Å². The second kappa shape index (κ2) is 6.79. The number of carbonyl (C=O) groups excluding carboxylic acids is 1. The Bertz CT molecular complexity index is 704. The molecule has 3 rings (SSSR count). The zero-order chi connectivity index (χ0) is 16.2. The van der Waals surface area contributed by atoms with Gasteiger partial charge in [-0.05, 0) is 23.3 Å². The Hall–Kier alpha value is -2.40. The van der Waals surface area contributed by atoms with E-state index in [1.807, 2.05) is 24.3 Å². The number of benzene rings is 2. The van der Waals surface area contributed by atoms with Gasteiger partial charge in [0.2, 0.25) is 5.91 Å². The lowest BCUT2D eigenvalue weighted by Crippen LogP contribution is -2.34. The molecule has 1 amide bonds. The van der Waals surface area contributed by atoms with Gasteiger partial charge in [-0.1, -0.05) is 36.4 Å². The van der Waals surface area contributed by atoms with Gasteiger partial charge in [-0.3, -0.25) is 4.79 Å². The summed E-state index contributed by atoms with van der Waals surface area (Å²) in [6.07, 6.45) is 0.0101. The van der Waals surface area contributed by atoms with E-state index in [9.17, 15) is 14.3 Å². The van der Waals surface area contributed by atoms with E-state index in [0.717, 1.165) is 11.1 Å². The molecule has 2 aromatic rings. The van der Waals surface area contributed by atoms with E-state index >= 15 is 0 Å². The number of aliphatic hydroxyl groups excluding tert-OH is 1. The van der Waals surface area contributed by atoms with Crippen LogP contribution in [0.15, 0.2) is 48.5 Å². The highest BCUT2D eigenvalue weighted by Gasteiger charge is 2.31. The minimum Gasteiger partial charge on any atom is -0.490 e. The average Bonchev–Trinajstić information content (AvgIpc) is 2.85. The van der Waals surface area contributed by atoms with Crippen LogP contribution in [-0.4, -0.2) is 23.7 Å². The Morgan fingerprint density at radius 3 is 2.78 bits per heavy atom. The van der Waals surface area contributed by atoms with Crippen molar-refractivity contribution in [3.8, 4) is 5.75 Å². The highest BCUT2D eigenvalue weighted by Crippen LogP contribution is 2.31. The third-order valence-corrected chi connectivity index (χ3v) is 3.94. The molecule has 0 fully saturated rings. The van der Waals surface area contributed by atoms with E-state index in [1.165, 1.54) is 12.1 Å². The first-order chi connectivity index (χ1) is 11.1. The van der Waals surface area contributed by atoms with Gasteiger partial charge in [0.15, 0.2) is 11.6 Å². The van der Waals surface area contributed by atoms with Crippen LogP contribution in [0.2, 0.25) is 0 Å². The standard InChI is InChI=1S/C18H18FNO3/c19-14-7-3-4-8-16(14)23-10-9-17(22)20-18-13-6-2-1-5-12(13)11-15(18)21/h1-8,15,18,21H,9-11H2,(H,20,22). The van der Waals surface area contributed by atoms with Crippen molar-refractivity contribution in [1.29, 1.82) is 0 Å². The molecule has 0 bridgehead atoms. The minimum atomic E-state index is -0.621. The Morgan fingerprint density at radius 1 is 1.22 bits per heavy atom. The van der Waals surface area contributed by atoms with Crippen LogP contribution in [0.5, 0.6) is 5.75 Å². The summed E-state index contributed by atoms with van der Waals surface area (Å²) in [5.74, 6) is -0.554. The number of aliphatic hydroxyl groups is 1. The second-order valence-corrected chi connectivity index (χ2v) is 5.54. The zero-order valence-corrected chi connectivity index (χ0v) is 12.5. The lowest BCUT2D eigenvalue weighted by Gasteiger charge is -2.18. The Kier molecular flexibility index (Phi) is 4.57. The summed E-state index contributed by atoms with van der Waals surface area (Å²) >= 11 is 0. The molecular weight excluding hydrogens is 297 g/mol. The SMILES string of the molecule is O=C(CCOc1ccccc1F)NC1c2ccccc2CC1O. The average molecular weight is 315 g/mol. The van der Waals surface area contributed by atoms with E-state index in [-0.39, 0.29) is 24.7 Å². The molecule has 120 valence electrons. The topological polar surface area (TPSA) is 58.6 Å². The van der Waals surface area contributed by atoms with Gasteiger partial charge in [0.1, 0.15) is 0 Å². The number of nitrogens with one attached hydrogen (secondary N) is 1. The second-order valence-electron chi connectivity index (χ2n) is 5.54. The van der Waals surface area contributed by atoms with Crippen LogP contribution in [0.3, 0.4) is 0 Å². The van der Waals surface area contributed by atoms with E-state index in [4.69, 9.17) is 4.74 Å². The van der Waals surface area contributed by atoms with Crippen LogP contribution in [0, 0.1) is 5.82 Å². The lowest BCUT2D eigenvalue weighted by molar-refractivity contribution is -0.123. The fourth-order valence-corrected chi connectivity index (χ4v) is 2.81. The molecule has 0 heterocycles. The number of fused-ring (bicyclic) bond motifs is 1. The van der Waals surface area contributed by atoms with E-state index in [0.29, 0.717) is 6.42 Å². The molecule has 2 unspecified atom stereocenters. The van der Waals surface area contributed by atoms with E-state index in [1.54, 1.807) is 12.1 Å². The quantitative estimate of drug-likeness (QED) is 0.890. The van der Waals surface area contributed by atoms with Crippen LogP contribution in [0.1, 0.15) is 23.6 Å². The number of rotatable bonds is 5. The van der Waals surface area contributed by atoms with Gasteiger partial charge in [-0.15, -0.1) is 0 Å². The first-order valence-corrected chi connectivity index (χ1v) is 7.57. The molecule has 23 heavy (non-hydrogen) atoms. The Labute approximate surface area is 133 Å². The maximum Gasteiger partial charge on any atom is 0.224 e. The van der Waals surface area contributed by atoms with E-state index < -0.39 is 18.0 Å². The number of amides is 1. The van der Waals surface area contributed by atoms with Gasteiger partial charge in [-0.2, -0.15) is 0 Å². The summed E-state index contributed by atoms with van der Waals surface area (Å²) in [6.45, 7) is 0.0806. The number of para-hydroxylation sites is 1. The van der Waals surface area contributed by atoms with Crippen LogP contribution in [0.25, 0.3) is 0 Å². The van der Waals surface area contributed by atoms with Gasteiger partial charge in [-0.25, -0.2) is 4.39 Å². The van der Waals surface area contributed by atoms with Gasteiger partial charge in [0.25, 0.3) is 0 Å². The summed E-state index contributed by atoms with van der Waals surface area (Å²) in [7, 11) is 0. The number of carbonyl (C=O) groups is 1. The van der Waals surface area contributed by atoms with Crippen LogP contribution in [0.4, 0.5) is 4.39 Å². The third kappa shape index (κ3) is 3.51. The summed E-state index contributed by atoms with van der Waals surface area (Å²) in [6, 6.07) is 13.3. The lowest BCUT2D eigenvalue weighted by atomic mass is 10.1. The molecule has 0 spiro atoms. The molecular formula is C18H18FNO3. The highest BCUT2D eigenvalue weighted by molar-refractivity contribution is 5.77. The van der Waals surface area contributed by atoms with Crippen LogP contribution >= 0.6 is 0 Å². The number of hydrogen-bond acceptors (Lipinski definition) is 3. The third-order valence-electron chi connectivity index (χ3n) is 3.94. The smallest absolute Gasteiger partial charge is 0.224 e. The number of hydrogen-bond donors (Lipinski definition) is 2. The molecule has 2 aromatic carbocycles. The van der Waals surface area contributed by atoms with Crippen LogP contribution in [-0.2, 0) is 11.2 Å². The number of halogens is 1. The van der Waals surface area contributed by atoms with Crippen molar-refractivity contribution in [1.82, 2.24) is 5.32 Å². The monoisotopic (exact) mass is 315 g/mol. The fraction of sp³-hybridized carbons (Fsp3) is 0.278. The maximum atomic E-state index is 13.4. The molecule has 2 atom stereocenters. The maximum absolute atomic E-state index is 13.4. The molecule has 0 radical (unpaired) electrons. The normalized spacial score (nSPS) is 19.2. The summed E-state index contributed by atoms with van der Waals surface area (Å²) in [5, 5.41) is 12.9. The molecule has 5 heteroatoms.